The Labute approximate surface area is 101 Å². The zero-order chi connectivity index (χ0) is 11.5. The molecule has 0 spiro atoms. The quantitative estimate of drug-likeness (QED) is 0.750. The zero-order valence-electron chi connectivity index (χ0n) is 9.73. The van der Waals surface area contributed by atoms with E-state index in [9.17, 15) is 0 Å². The molecule has 0 bridgehead atoms. The number of nitrogens with zero attached hydrogens (tertiary/aromatic N) is 4. The van der Waals surface area contributed by atoms with Crippen molar-refractivity contribution in [3.8, 4) is 0 Å². The number of anilines is 1. The van der Waals surface area contributed by atoms with Gasteiger partial charge in [-0.15, -0.1) is 0 Å². The van der Waals surface area contributed by atoms with Crippen LogP contribution in [0.25, 0.3) is 0 Å². The zero-order valence-corrected chi connectivity index (χ0v) is 10.5. The third kappa shape index (κ3) is 2.83. The van der Waals surface area contributed by atoms with Gasteiger partial charge in [0.15, 0.2) is 0 Å². The Hall–Kier alpha value is -0.870. The Morgan fingerprint density at radius 3 is 3.06 bits per heavy atom. The van der Waals surface area contributed by atoms with Gasteiger partial charge in [-0.2, -0.15) is 0 Å². The molecule has 2 rings (SSSR count). The molecular formula is C11H17ClN4. The maximum absolute atomic E-state index is 5.77. The van der Waals surface area contributed by atoms with Crippen LogP contribution in [0.3, 0.4) is 0 Å². The molecule has 0 saturated carbocycles. The normalized spacial score (nSPS) is 21.3. The Kier molecular flexibility index (Phi) is 3.61. The molecule has 0 N–H and O–H groups in total. The molecule has 1 aromatic rings. The lowest BCUT2D eigenvalue weighted by atomic mass is 10.1. The van der Waals surface area contributed by atoms with Crippen LogP contribution in [0.1, 0.15) is 6.42 Å². The van der Waals surface area contributed by atoms with Gasteiger partial charge in [0.2, 0.25) is 5.28 Å². The molecule has 1 fully saturated rings. The summed E-state index contributed by atoms with van der Waals surface area (Å²) in [6.45, 7) is 3.39. The highest BCUT2D eigenvalue weighted by molar-refractivity contribution is 6.28. The smallest absolute Gasteiger partial charge is 0.224 e. The molecule has 0 amide bonds. The van der Waals surface area contributed by atoms with Gasteiger partial charge in [0.1, 0.15) is 5.82 Å². The predicted molar refractivity (Wildman–Crippen MR) is 65.9 cm³/mol. The predicted octanol–water partition coefficient (Wildman–Crippen LogP) is 1.52. The standard InChI is InChI=1S/C11H17ClN4/c1-15-6-4-9(7-15)8-16(2)10-3-5-13-11(12)14-10/h3,5,9H,4,6-8H2,1-2H3. The third-order valence-electron chi connectivity index (χ3n) is 3.02. The first-order valence-corrected chi connectivity index (χ1v) is 5.91. The van der Waals surface area contributed by atoms with Crippen LogP contribution in [0.15, 0.2) is 12.3 Å². The van der Waals surface area contributed by atoms with E-state index >= 15 is 0 Å². The number of rotatable bonds is 3. The summed E-state index contributed by atoms with van der Waals surface area (Å²) >= 11 is 5.77. The van der Waals surface area contributed by atoms with Crippen LogP contribution < -0.4 is 4.90 Å². The first-order valence-electron chi connectivity index (χ1n) is 5.53. The summed E-state index contributed by atoms with van der Waals surface area (Å²) in [6.07, 6.45) is 2.96. The van der Waals surface area contributed by atoms with Crippen LogP contribution in [0.2, 0.25) is 5.28 Å². The average molecular weight is 241 g/mol. The lowest BCUT2D eigenvalue weighted by Crippen LogP contribution is -2.27. The van der Waals surface area contributed by atoms with Crippen molar-refractivity contribution in [3.63, 3.8) is 0 Å². The Bertz CT molecular complexity index is 358. The van der Waals surface area contributed by atoms with E-state index in [2.05, 4.69) is 33.9 Å². The highest BCUT2D eigenvalue weighted by atomic mass is 35.5. The molecule has 1 saturated heterocycles. The first-order chi connectivity index (χ1) is 7.65. The fraction of sp³-hybridized carbons (Fsp3) is 0.636. The maximum Gasteiger partial charge on any atom is 0.224 e. The summed E-state index contributed by atoms with van der Waals surface area (Å²) < 4.78 is 0. The van der Waals surface area contributed by atoms with E-state index in [4.69, 9.17) is 11.6 Å². The van der Waals surface area contributed by atoms with Crippen LogP contribution in [0.4, 0.5) is 5.82 Å². The van der Waals surface area contributed by atoms with E-state index in [1.165, 1.54) is 19.5 Å². The summed E-state index contributed by atoms with van der Waals surface area (Å²) in [6, 6.07) is 1.89. The van der Waals surface area contributed by atoms with Gasteiger partial charge in [-0.05, 0) is 43.6 Å². The molecule has 0 aromatic carbocycles. The summed E-state index contributed by atoms with van der Waals surface area (Å²) in [5, 5.41) is 0.313. The van der Waals surface area contributed by atoms with Crippen molar-refractivity contribution in [2.75, 3.05) is 38.6 Å². The summed E-state index contributed by atoms with van der Waals surface area (Å²) in [7, 11) is 4.22. The first kappa shape index (κ1) is 11.6. The van der Waals surface area contributed by atoms with Gasteiger partial charge in [-0.25, -0.2) is 9.97 Å². The Balaban J connectivity index is 1.95. The van der Waals surface area contributed by atoms with E-state index in [0.717, 1.165) is 18.3 Å². The molecule has 1 atom stereocenters. The second-order valence-electron chi connectivity index (χ2n) is 4.48. The van der Waals surface area contributed by atoms with Crippen molar-refractivity contribution >= 4 is 17.4 Å². The minimum absolute atomic E-state index is 0.313. The van der Waals surface area contributed by atoms with Crippen LogP contribution >= 0.6 is 11.6 Å². The topological polar surface area (TPSA) is 32.3 Å². The average Bonchev–Trinajstić information content (AvgIpc) is 2.64. The van der Waals surface area contributed by atoms with Crippen LogP contribution in [-0.4, -0.2) is 48.6 Å². The largest absolute Gasteiger partial charge is 0.359 e. The van der Waals surface area contributed by atoms with Gasteiger partial charge in [0.25, 0.3) is 0 Å². The van der Waals surface area contributed by atoms with Crippen molar-refractivity contribution in [3.05, 3.63) is 17.5 Å². The molecule has 5 heteroatoms. The summed E-state index contributed by atoms with van der Waals surface area (Å²) in [4.78, 5) is 12.6. The maximum atomic E-state index is 5.77. The molecule has 1 unspecified atom stereocenters. The number of halogens is 1. The van der Waals surface area contributed by atoms with Crippen molar-refractivity contribution < 1.29 is 0 Å². The van der Waals surface area contributed by atoms with E-state index in [1.54, 1.807) is 6.20 Å². The molecule has 1 aromatic heterocycles. The van der Waals surface area contributed by atoms with Gasteiger partial charge in [-0.1, -0.05) is 0 Å². The highest BCUT2D eigenvalue weighted by Crippen LogP contribution is 2.18. The Morgan fingerprint density at radius 1 is 1.62 bits per heavy atom. The van der Waals surface area contributed by atoms with E-state index < -0.39 is 0 Å². The molecular weight excluding hydrogens is 224 g/mol. The number of hydrogen-bond donors (Lipinski definition) is 0. The van der Waals surface area contributed by atoms with Gasteiger partial charge in [0.05, 0.1) is 0 Å². The number of hydrogen-bond acceptors (Lipinski definition) is 4. The number of aromatic nitrogens is 2. The van der Waals surface area contributed by atoms with Crippen molar-refractivity contribution in [2.24, 2.45) is 5.92 Å². The van der Waals surface area contributed by atoms with E-state index in [1.807, 2.05) is 6.07 Å². The van der Waals surface area contributed by atoms with Crippen LogP contribution in [-0.2, 0) is 0 Å². The van der Waals surface area contributed by atoms with Gasteiger partial charge >= 0.3 is 0 Å². The number of likely N-dealkylation sites (tertiary alicyclic amines) is 1. The Morgan fingerprint density at radius 2 is 2.44 bits per heavy atom. The second kappa shape index (κ2) is 4.97. The van der Waals surface area contributed by atoms with Crippen molar-refractivity contribution in [1.82, 2.24) is 14.9 Å². The van der Waals surface area contributed by atoms with Crippen LogP contribution in [0.5, 0.6) is 0 Å². The minimum atomic E-state index is 0.313. The fourth-order valence-corrected chi connectivity index (χ4v) is 2.34. The van der Waals surface area contributed by atoms with E-state index in [-0.39, 0.29) is 0 Å². The molecule has 2 heterocycles. The summed E-state index contributed by atoms with van der Waals surface area (Å²) in [5.74, 6) is 1.62. The molecule has 0 aliphatic carbocycles. The molecule has 1 aliphatic heterocycles. The highest BCUT2D eigenvalue weighted by Gasteiger charge is 2.21. The monoisotopic (exact) mass is 240 g/mol. The van der Waals surface area contributed by atoms with Gasteiger partial charge in [0, 0.05) is 26.3 Å². The molecule has 1 aliphatic rings. The van der Waals surface area contributed by atoms with Crippen LogP contribution in [0, 0.1) is 5.92 Å². The minimum Gasteiger partial charge on any atom is -0.359 e. The van der Waals surface area contributed by atoms with Gasteiger partial charge < -0.3 is 9.80 Å². The fourth-order valence-electron chi connectivity index (χ4n) is 2.19. The third-order valence-corrected chi connectivity index (χ3v) is 3.21. The molecule has 16 heavy (non-hydrogen) atoms. The van der Waals surface area contributed by atoms with E-state index in [0.29, 0.717) is 5.28 Å². The molecule has 4 nitrogen and oxygen atoms in total. The lowest BCUT2D eigenvalue weighted by Gasteiger charge is -2.21. The molecule has 88 valence electrons. The summed E-state index contributed by atoms with van der Waals surface area (Å²) in [5.41, 5.74) is 0. The SMILES string of the molecule is CN1CCC(CN(C)c2ccnc(Cl)n2)C1. The van der Waals surface area contributed by atoms with Gasteiger partial charge in [-0.3, -0.25) is 0 Å². The lowest BCUT2D eigenvalue weighted by molar-refractivity contribution is 0.395. The van der Waals surface area contributed by atoms with Crippen molar-refractivity contribution in [1.29, 1.82) is 0 Å². The molecule has 0 radical (unpaired) electrons. The van der Waals surface area contributed by atoms with Crippen molar-refractivity contribution in [2.45, 2.75) is 6.42 Å². The second-order valence-corrected chi connectivity index (χ2v) is 4.82.